The number of nitrogens with zero attached hydrogens (tertiary/aromatic N) is 1. The molecule has 2 aromatic rings. The Bertz CT molecular complexity index is 558. The summed E-state index contributed by atoms with van der Waals surface area (Å²) in [5, 5.41) is 0. The molecule has 0 aliphatic heterocycles. The number of carbonyl (C=O) groups excluding carboxylic acids is 2. The molecule has 18 heavy (non-hydrogen) atoms. The molecular formula is C14H14N2O2. The second kappa shape index (κ2) is 5.40. The quantitative estimate of drug-likeness (QED) is 0.646. The Morgan fingerprint density at radius 1 is 1.50 bits per heavy atom. The second-order valence-corrected chi connectivity index (χ2v) is 4.15. The van der Waals surface area contributed by atoms with E-state index in [-0.39, 0.29) is 5.78 Å². The highest BCUT2D eigenvalue weighted by Crippen LogP contribution is 2.14. The van der Waals surface area contributed by atoms with Gasteiger partial charge in [-0.3, -0.25) is 14.6 Å². The van der Waals surface area contributed by atoms with E-state index in [2.05, 4.69) is 9.97 Å². The van der Waals surface area contributed by atoms with Gasteiger partial charge in [0.15, 0.2) is 12.1 Å². The Labute approximate surface area is 105 Å². The Hall–Kier alpha value is -2.23. The summed E-state index contributed by atoms with van der Waals surface area (Å²) in [6.45, 7) is 1.78. The number of rotatable bonds is 5. The van der Waals surface area contributed by atoms with Crippen LogP contribution in [-0.2, 0) is 6.42 Å². The molecule has 0 spiro atoms. The first-order valence-electron chi connectivity index (χ1n) is 5.77. The number of ketones is 1. The highest BCUT2D eigenvalue weighted by Gasteiger charge is 2.13. The van der Waals surface area contributed by atoms with Crippen LogP contribution >= 0.6 is 0 Å². The minimum absolute atomic E-state index is 0.0180. The van der Waals surface area contributed by atoms with Crippen molar-refractivity contribution in [2.45, 2.75) is 19.8 Å². The summed E-state index contributed by atoms with van der Waals surface area (Å²) in [4.78, 5) is 29.6. The van der Waals surface area contributed by atoms with Crippen molar-refractivity contribution in [3.05, 3.63) is 53.1 Å². The first-order chi connectivity index (χ1) is 8.72. The Morgan fingerprint density at radius 3 is 2.94 bits per heavy atom. The fourth-order valence-electron chi connectivity index (χ4n) is 1.85. The number of carbonyl (C=O) groups is 2. The van der Waals surface area contributed by atoms with Crippen molar-refractivity contribution in [1.82, 2.24) is 9.97 Å². The van der Waals surface area contributed by atoms with Gasteiger partial charge in [0.2, 0.25) is 0 Å². The number of pyridine rings is 1. The van der Waals surface area contributed by atoms with E-state index >= 15 is 0 Å². The van der Waals surface area contributed by atoms with Gasteiger partial charge in [-0.15, -0.1) is 0 Å². The maximum absolute atomic E-state index is 12.0. The molecule has 2 rings (SSSR count). The van der Waals surface area contributed by atoms with Gasteiger partial charge in [0.05, 0.1) is 5.69 Å². The average Bonchev–Trinajstić information content (AvgIpc) is 2.78. The second-order valence-electron chi connectivity index (χ2n) is 4.15. The predicted molar refractivity (Wildman–Crippen MR) is 67.8 cm³/mol. The van der Waals surface area contributed by atoms with Gasteiger partial charge in [0, 0.05) is 30.6 Å². The molecule has 0 saturated carbocycles. The molecule has 92 valence electrons. The Morgan fingerprint density at radius 2 is 2.33 bits per heavy atom. The molecule has 0 aliphatic carbocycles. The molecule has 4 heteroatoms. The summed E-state index contributed by atoms with van der Waals surface area (Å²) in [5.74, 6) is 0.0180. The summed E-state index contributed by atoms with van der Waals surface area (Å²) in [7, 11) is 0. The zero-order chi connectivity index (χ0) is 13.0. The molecule has 0 radical (unpaired) electrons. The third-order valence-corrected chi connectivity index (χ3v) is 2.95. The van der Waals surface area contributed by atoms with Crippen LogP contribution in [0.4, 0.5) is 0 Å². The van der Waals surface area contributed by atoms with E-state index in [9.17, 15) is 9.59 Å². The van der Waals surface area contributed by atoms with Crippen LogP contribution < -0.4 is 0 Å². The zero-order valence-corrected chi connectivity index (χ0v) is 10.1. The van der Waals surface area contributed by atoms with Gasteiger partial charge < -0.3 is 4.98 Å². The van der Waals surface area contributed by atoms with Gasteiger partial charge in [-0.05, 0) is 30.5 Å². The summed E-state index contributed by atoms with van der Waals surface area (Å²) < 4.78 is 0. The number of hydrogen-bond acceptors (Lipinski definition) is 3. The van der Waals surface area contributed by atoms with Crippen molar-refractivity contribution in [2.24, 2.45) is 0 Å². The summed E-state index contributed by atoms with van der Waals surface area (Å²) in [6, 6.07) is 3.79. The topological polar surface area (TPSA) is 62.8 Å². The number of aromatic amines is 1. The lowest BCUT2D eigenvalue weighted by Crippen LogP contribution is -2.03. The molecule has 0 saturated heterocycles. The predicted octanol–water partition coefficient (Wildman–Crippen LogP) is 2.35. The van der Waals surface area contributed by atoms with Gasteiger partial charge in [-0.25, -0.2) is 0 Å². The van der Waals surface area contributed by atoms with E-state index < -0.39 is 0 Å². The number of nitrogens with one attached hydrogen (secondary N) is 1. The van der Waals surface area contributed by atoms with Crippen LogP contribution in [0, 0.1) is 6.92 Å². The van der Waals surface area contributed by atoms with Crippen LogP contribution in [0.5, 0.6) is 0 Å². The van der Waals surface area contributed by atoms with Crippen LogP contribution in [0.25, 0.3) is 0 Å². The van der Waals surface area contributed by atoms with Crippen LogP contribution in [-0.4, -0.2) is 22.0 Å². The molecule has 0 atom stereocenters. The lowest BCUT2D eigenvalue weighted by Gasteiger charge is -2.01. The summed E-state index contributed by atoms with van der Waals surface area (Å²) >= 11 is 0. The van der Waals surface area contributed by atoms with Crippen molar-refractivity contribution >= 4 is 12.1 Å². The first-order valence-corrected chi connectivity index (χ1v) is 5.77. The Balaban J connectivity index is 2.04. The van der Waals surface area contributed by atoms with Crippen LogP contribution in [0.2, 0.25) is 0 Å². The van der Waals surface area contributed by atoms with E-state index in [1.807, 2.05) is 12.1 Å². The summed E-state index contributed by atoms with van der Waals surface area (Å²) in [6.07, 6.45) is 6.85. The zero-order valence-electron chi connectivity index (χ0n) is 10.1. The first kappa shape index (κ1) is 12.2. The smallest absolute Gasteiger partial charge is 0.179 e. The lowest BCUT2D eigenvalue weighted by molar-refractivity contribution is 0.0978. The highest BCUT2D eigenvalue weighted by molar-refractivity contribution is 5.98. The van der Waals surface area contributed by atoms with E-state index in [4.69, 9.17) is 0 Å². The van der Waals surface area contributed by atoms with E-state index in [1.165, 1.54) is 0 Å². The molecule has 0 bridgehead atoms. The van der Waals surface area contributed by atoms with Crippen LogP contribution in [0.15, 0.2) is 30.7 Å². The number of H-pyrrole nitrogens is 1. The maximum Gasteiger partial charge on any atom is 0.179 e. The SMILES string of the molecule is Cc1c(C=O)c[nH]c1C(=O)CCc1cccnc1. The fraction of sp³-hybridized carbons (Fsp3) is 0.214. The summed E-state index contributed by atoms with van der Waals surface area (Å²) in [5.41, 5.74) is 2.83. The van der Waals surface area contributed by atoms with Crippen molar-refractivity contribution in [3.8, 4) is 0 Å². The minimum atomic E-state index is 0.0180. The minimum Gasteiger partial charge on any atom is -0.358 e. The number of aromatic nitrogens is 2. The molecule has 4 nitrogen and oxygen atoms in total. The molecule has 0 fully saturated rings. The van der Waals surface area contributed by atoms with Crippen molar-refractivity contribution in [3.63, 3.8) is 0 Å². The van der Waals surface area contributed by atoms with Gasteiger partial charge >= 0.3 is 0 Å². The number of hydrogen-bond donors (Lipinski definition) is 1. The number of aryl methyl sites for hydroxylation is 1. The van der Waals surface area contributed by atoms with Crippen LogP contribution in [0.3, 0.4) is 0 Å². The number of aldehydes is 1. The highest BCUT2D eigenvalue weighted by atomic mass is 16.1. The maximum atomic E-state index is 12.0. The van der Waals surface area contributed by atoms with Crippen molar-refractivity contribution < 1.29 is 9.59 Å². The van der Waals surface area contributed by atoms with Crippen molar-refractivity contribution in [2.75, 3.05) is 0 Å². The normalized spacial score (nSPS) is 10.3. The fourth-order valence-corrected chi connectivity index (χ4v) is 1.85. The molecule has 0 unspecified atom stereocenters. The molecule has 2 heterocycles. The molecule has 0 amide bonds. The van der Waals surface area contributed by atoms with E-state index in [0.29, 0.717) is 24.1 Å². The molecular weight excluding hydrogens is 228 g/mol. The van der Waals surface area contributed by atoms with Crippen molar-refractivity contribution in [1.29, 1.82) is 0 Å². The van der Waals surface area contributed by atoms with E-state index in [1.54, 1.807) is 25.5 Å². The molecule has 0 aliphatic rings. The standard InChI is InChI=1S/C14H14N2O2/c1-10-12(9-17)8-16-14(10)13(18)5-4-11-3-2-6-15-7-11/h2-3,6-9,16H,4-5H2,1H3. The van der Waals surface area contributed by atoms with Gasteiger partial charge in [0.25, 0.3) is 0 Å². The van der Waals surface area contributed by atoms with Gasteiger partial charge in [0.1, 0.15) is 0 Å². The molecule has 0 aromatic carbocycles. The molecule has 1 N–H and O–H groups in total. The number of Topliss-reactive ketones (excluding diaryl/α,β-unsaturated/α-hetero) is 1. The third kappa shape index (κ3) is 2.53. The van der Waals surface area contributed by atoms with Gasteiger partial charge in [-0.1, -0.05) is 6.07 Å². The van der Waals surface area contributed by atoms with Gasteiger partial charge in [-0.2, -0.15) is 0 Å². The lowest BCUT2D eigenvalue weighted by atomic mass is 10.0. The molecule has 2 aromatic heterocycles. The Kier molecular flexibility index (Phi) is 3.67. The monoisotopic (exact) mass is 242 g/mol. The average molecular weight is 242 g/mol. The largest absolute Gasteiger partial charge is 0.358 e. The van der Waals surface area contributed by atoms with E-state index in [0.717, 1.165) is 17.4 Å². The third-order valence-electron chi connectivity index (χ3n) is 2.95. The van der Waals surface area contributed by atoms with Crippen LogP contribution in [0.1, 0.15) is 38.4 Å².